The summed E-state index contributed by atoms with van der Waals surface area (Å²) in [4.78, 5) is 0. The van der Waals surface area contributed by atoms with Gasteiger partial charge < -0.3 is 20.4 Å². The molecule has 6 heteroatoms. The van der Waals surface area contributed by atoms with Crippen LogP contribution in [0.1, 0.15) is 17.0 Å². The van der Waals surface area contributed by atoms with Crippen LogP contribution in [-0.2, 0) is 6.61 Å². The highest BCUT2D eigenvalue weighted by atomic mass is 19.1. The van der Waals surface area contributed by atoms with E-state index >= 15 is 0 Å². The molecule has 0 aliphatic carbocycles. The van der Waals surface area contributed by atoms with Crippen molar-refractivity contribution < 1.29 is 13.7 Å². The third kappa shape index (κ3) is 2.48. The van der Waals surface area contributed by atoms with Crippen LogP contribution < -0.4 is 10.5 Å². The van der Waals surface area contributed by atoms with Gasteiger partial charge in [-0.25, -0.2) is 4.39 Å². The second kappa shape index (κ2) is 4.87. The number of rotatable bonds is 4. The van der Waals surface area contributed by atoms with Gasteiger partial charge in [-0.15, -0.1) is 0 Å². The zero-order chi connectivity index (χ0) is 13.1. The Morgan fingerprint density at radius 1 is 1.50 bits per heavy atom. The number of hydrogen-bond donors (Lipinski definition) is 2. The molecule has 0 aliphatic rings. The number of nitrogen functional groups attached to an aromatic ring is 1. The smallest absolute Gasteiger partial charge is 0.165 e. The standard InChI is InChI=1S/C12H12FN3O2/c1-7-2-9(16-18-7)6-17-12-4-11(15)8(5-14)3-10(12)13/h2-5,14H,6,15H2,1H3. The van der Waals surface area contributed by atoms with Gasteiger partial charge in [-0.05, 0) is 13.0 Å². The van der Waals surface area contributed by atoms with Crippen molar-refractivity contribution in [2.75, 3.05) is 5.73 Å². The molecule has 0 radical (unpaired) electrons. The van der Waals surface area contributed by atoms with E-state index in [-0.39, 0.29) is 18.0 Å². The molecule has 18 heavy (non-hydrogen) atoms. The lowest BCUT2D eigenvalue weighted by Crippen LogP contribution is -2.01. The zero-order valence-corrected chi connectivity index (χ0v) is 9.74. The number of halogens is 1. The minimum absolute atomic E-state index is 0.0266. The van der Waals surface area contributed by atoms with Crippen molar-refractivity contribution >= 4 is 11.9 Å². The van der Waals surface area contributed by atoms with Gasteiger partial charge in [-0.1, -0.05) is 5.16 Å². The number of nitrogens with one attached hydrogen (secondary N) is 1. The second-order valence-electron chi connectivity index (χ2n) is 3.77. The molecule has 1 aromatic heterocycles. The first kappa shape index (κ1) is 12.1. The van der Waals surface area contributed by atoms with Crippen LogP contribution in [-0.4, -0.2) is 11.4 Å². The Hall–Kier alpha value is -2.37. The molecule has 0 unspecified atom stereocenters. The van der Waals surface area contributed by atoms with Crippen LogP contribution in [0.4, 0.5) is 10.1 Å². The Morgan fingerprint density at radius 3 is 2.89 bits per heavy atom. The Labute approximate surface area is 103 Å². The molecule has 2 aromatic rings. The average Bonchev–Trinajstić information content (AvgIpc) is 2.75. The summed E-state index contributed by atoms with van der Waals surface area (Å²) in [6.45, 7) is 1.85. The molecule has 0 atom stereocenters. The van der Waals surface area contributed by atoms with E-state index in [0.717, 1.165) is 12.3 Å². The average molecular weight is 249 g/mol. The van der Waals surface area contributed by atoms with Gasteiger partial charge in [0.1, 0.15) is 18.1 Å². The van der Waals surface area contributed by atoms with E-state index < -0.39 is 5.82 Å². The molecule has 1 aromatic carbocycles. The number of nitrogens with zero attached hydrogens (tertiary/aromatic N) is 1. The molecule has 0 aliphatic heterocycles. The van der Waals surface area contributed by atoms with Crippen molar-refractivity contribution in [1.82, 2.24) is 5.16 Å². The quantitative estimate of drug-likeness (QED) is 0.643. The van der Waals surface area contributed by atoms with E-state index in [1.807, 2.05) is 0 Å². The zero-order valence-electron chi connectivity index (χ0n) is 9.74. The number of hydrogen-bond acceptors (Lipinski definition) is 5. The van der Waals surface area contributed by atoms with Crippen LogP contribution in [0, 0.1) is 18.2 Å². The highest BCUT2D eigenvalue weighted by Gasteiger charge is 2.09. The molecule has 0 saturated heterocycles. The highest BCUT2D eigenvalue weighted by molar-refractivity contribution is 5.85. The molecule has 0 bridgehead atoms. The van der Waals surface area contributed by atoms with E-state index in [2.05, 4.69) is 5.16 Å². The lowest BCUT2D eigenvalue weighted by atomic mass is 10.2. The van der Waals surface area contributed by atoms with Crippen LogP contribution in [0.3, 0.4) is 0 Å². The lowest BCUT2D eigenvalue weighted by Gasteiger charge is -2.08. The summed E-state index contributed by atoms with van der Waals surface area (Å²) in [7, 11) is 0. The van der Waals surface area contributed by atoms with Gasteiger partial charge in [0.15, 0.2) is 11.6 Å². The summed E-state index contributed by atoms with van der Waals surface area (Å²) < 4.78 is 23.7. The number of anilines is 1. The van der Waals surface area contributed by atoms with Crippen molar-refractivity contribution in [2.45, 2.75) is 13.5 Å². The predicted molar refractivity (Wildman–Crippen MR) is 64.3 cm³/mol. The minimum atomic E-state index is -0.567. The molecule has 0 amide bonds. The monoisotopic (exact) mass is 249 g/mol. The number of aromatic nitrogens is 1. The maximum Gasteiger partial charge on any atom is 0.165 e. The van der Waals surface area contributed by atoms with Gasteiger partial charge in [-0.2, -0.15) is 0 Å². The van der Waals surface area contributed by atoms with Gasteiger partial charge >= 0.3 is 0 Å². The summed E-state index contributed by atoms with van der Waals surface area (Å²) in [5.41, 5.74) is 6.82. The van der Waals surface area contributed by atoms with Crippen LogP contribution in [0.5, 0.6) is 5.75 Å². The fourth-order valence-electron chi connectivity index (χ4n) is 1.46. The molecule has 2 rings (SSSR count). The molecule has 3 N–H and O–H groups in total. The maximum atomic E-state index is 13.6. The number of benzene rings is 1. The number of nitrogens with two attached hydrogens (primary N) is 1. The minimum Gasteiger partial charge on any atom is -0.484 e. The van der Waals surface area contributed by atoms with Crippen molar-refractivity contribution in [3.05, 3.63) is 41.0 Å². The number of aryl methyl sites for hydroxylation is 1. The molecular formula is C12H12FN3O2. The summed E-state index contributed by atoms with van der Waals surface area (Å²) in [6.07, 6.45) is 0.989. The molecule has 94 valence electrons. The normalized spacial score (nSPS) is 10.3. The van der Waals surface area contributed by atoms with E-state index in [0.29, 0.717) is 17.0 Å². The van der Waals surface area contributed by atoms with Crippen molar-refractivity contribution in [3.8, 4) is 5.75 Å². The summed E-state index contributed by atoms with van der Waals surface area (Å²) in [5.74, 6) is 0.120. The lowest BCUT2D eigenvalue weighted by molar-refractivity contribution is 0.275. The summed E-state index contributed by atoms with van der Waals surface area (Å²) in [6, 6.07) is 4.21. The van der Waals surface area contributed by atoms with E-state index in [4.69, 9.17) is 20.4 Å². The van der Waals surface area contributed by atoms with Crippen molar-refractivity contribution in [2.24, 2.45) is 0 Å². The second-order valence-corrected chi connectivity index (χ2v) is 3.77. The molecule has 0 spiro atoms. The largest absolute Gasteiger partial charge is 0.484 e. The van der Waals surface area contributed by atoms with E-state index in [1.54, 1.807) is 13.0 Å². The Morgan fingerprint density at radius 2 is 2.28 bits per heavy atom. The van der Waals surface area contributed by atoms with Crippen LogP contribution in [0.25, 0.3) is 0 Å². The SMILES string of the molecule is Cc1cc(COc2cc(N)c(C=N)cc2F)no1. The Balaban J connectivity index is 2.14. The summed E-state index contributed by atoms with van der Waals surface area (Å²) in [5, 5.41) is 10.8. The third-order valence-electron chi connectivity index (χ3n) is 2.35. The molecule has 0 saturated carbocycles. The van der Waals surface area contributed by atoms with E-state index in [1.165, 1.54) is 6.07 Å². The highest BCUT2D eigenvalue weighted by Crippen LogP contribution is 2.24. The van der Waals surface area contributed by atoms with Gasteiger partial charge in [0.05, 0.1) is 0 Å². The first-order chi connectivity index (χ1) is 8.60. The van der Waals surface area contributed by atoms with Gasteiger partial charge in [-0.3, -0.25) is 0 Å². The number of ether oxygens (including phenoxy) is 1. The molecule has 5 nitrogen and oxygen atoms in total. The Kier molecular flexibility index (Phi) is 3.27. The predicted octanol–water partition coefficient (Wildman–Crippen LogP) is 2.28. The van der Waals surface area contributed by atoms with Gasteiger partial charge in [0.2, 0.25) is 0 Å². The first-order valence-electron chi connectivity index (χ1n) is 5.24. The summed E-state index contributed by atoms with van der Waals surface area (Å²) >= 11 is 0. The fraction of sp³-hybridized carbons (Fsp3) is 0.167. The van der Waals surface area contributed by atoms with Crippen LogP contribution >= 0.6 is 0 Å². The molecular weight excluding hydrogens is 237 g/mol. The maximum absolute atomic E-state index is 13.6. The molecule has 0 fully saturated rings. The van der Waals surface area contributed by atoms with Crippen LogP contribution in [0.15, 0.2) is 22.7 Å². The topological polar surface area (TPSA) is 85.1 Å². The van der Waals surface area contributed by atoms with Crippen LogP contribution in [0.2, 0.25) is 0 Å². The fourth-order valence-corrected chi connectivity index (χ4v) is 1.46. The van der Waals surface area contributed by atoms with Crippen molar-refractivity contribution in [1.29, 1.82) is 5.41 Å². The van der Waals surface area contributed by atoms with Gasteiger partial charge in [0, 0.05) is 29.6 Å². The third-order valence-corrected chi connectivity index (χ3v) is 2.35. The van der Waals surface area contributed by atoms with Gasteiger partial charge in [0.25, 0.3) is 0 Å². The first-order valence-corrected chi connectivity index (χ1v) is 5.24. The van der Waals surface area contributed by atoms with Crippen molar-refractivity contribution in [3.63, 3.8) is 0 Å². The van der Waals surface area contributed by atoms with E-state index in [9.17, 15) is 4.39 Å². The Bertz CT molecular complexity index is 581. The molecule has 1 heterocycles.